The van der Waals surface area contributed by atoms with Crippen molar-refractivity contribution in [2.45, 2.75) is 46.0 Å². The minimum Gasteiger partial charge on any atom is -0.493 e. The van der Waals surface area contributed by atoms with Crippen molar-refractivity contribution in [2.24, 2.45) is 11.3 Å². The van der Waals surface area contributed by atoms with Crippen molar-refractivity contribution < 1.29 is 14.3 Å². The van der Waals surface area contributed by atoms with Crippen LogP contribution >= 0.6 is 0 Å². The molecule has 0 unspecified atom stereocenters. The van der Waals surface area contributed by atoms with Crippen molar-refractivity contribution in [3.8, 4) is 5.75 Å². The molecule has 0 radical (unpaired) electrons. The van der Waals surface area contributed by atoms with Gasteiger partial charge in [0.2, 0.25) is 11.8 Å². The number of carbonyl (C=O) groups is 2. The zero-order chi connectivity index (χ0) is 22.3. The van der Waals surface area contributed by atoms with Crippen LogP contribution < -0.4 is 4.74 Å². The summed E-state index contributed by atoms with van der Waals surface area (Å²) >= 11 is 0. The highest BCUT2D eigenvalue weighted by atomic mass is 16.5. The average Bonchev–Trinajstić information content (AvgIpc) is 2.80. The van der Waals surface area contributed by atoms with E-state index in [-0.39, 0.29) is 23.1 Å². The van der Waals surface area contributed by atoms with Gasteiger partial charge in [0.15, 0.2) is 0 Å². The summed E-state index contributed by atoms with van der Waals surface area (Å²) in [6.07, 6.45) is 3.89. The second kappa shape index (κ2) is 11.0. The summed E-state index contributed by atoms with van der Waals surface area (Å²) in [7, 11) is 2.10. The van der Waals surface area contributed by atoms with Gasteiger partial charge < -0.3 is 19.4 Å². The maximum atomic E-state index is 13.2. The second-order valence-corrected chi connectivity index (χ2v) is 9.30. The van der Waals surface area contributed by atoms with Crippen molar-refractivity contribution in [2.75, 3.05) is 52.9 Å². The number of piperidine rings is 1. The average molecular weight is 430 g/mol. The molecule has 1 aromatic rings. The van der Waals surface area contributed by atoms with Gasteiger partial charge in [-0.05, 0) is 44.9 Å². The third-order valence-corrected chi connectivity index (χ3v) is 7.14. The number of ether oxygens (including phenoxy) is 1. The number of piperazine rings is 1. The van der Waals surface area contributed by atoms with Gasteiger partial charge in [-0.15, -0.1) is 0 Å². The first kappa shape index (κ1) is 23.6. The molecule has 6 nitrogen and oxygen atoms in total. The Morgan fingerprint density at radius 3 is 2.13 bits per heavy atom. The normalized spacial score (nSPS) is 19.5. The van der Waals surface area contributed by atoms with Crippen LogP contribution in [0.2, 0.25) is 0 Å². The SMILES string of the molecule is CCC(CC)C(=O)N1CCC(COc2ccccc2)(CC(=O)N2CCN(C)CC2)CC1. The fourth-order valence-electron chi connectivity index (χ4n) is 4.71. The highest BCUT2D eigenvalue weighted by Gasteiger charge is 2.40. The second-order valence-electron chi connectivity index (χ2n) is 9.30. The Morgan fingerprint density at radius 2 is 1.55 bits per heavy atom. The number of benzene rings is 1. The first-order valence-electron chi connectivity index (χ1n) is 11.9. The maximum absolute atomic E-state index is 13.2. The maximum Gasteiger partial charge on any atom is 0.225 e. The van der Waals surface area contributed by atoms with E-state index in [9.17, 15) is 9.59 Å². The van der Waals surface area contributed by atoms with Gasteiger partial charge in [0.25, 0.3) is 0 Å². The Morgan fingerprint density at radius 1 is 0.935 bits per heavy atom. The highest BCUT2D eigenvalue weighted by molar-refractivity contribution is 5.79. The summed E-state index contributed by atoms with van der Waals surface area (Å²) in [5.74, 6) is 1.45. The molecule has 3 rings (SSSR count). The molecular formula is C25H39N3O3. The number of carbonyl (C=O) groups excluding carboxylic acids is 2. The molecule has 0 saturated carbocycles. The van der Waals surface area contributed by atoms with Crippen LogP contribution in [0, 0.1) is 11.3 Å². The molecule has 2 heterocycles. The monoisotopic (exact) mass is 429 g/mol. The van der Waals surface area contributed by atoms with Crippen LogP contribution in [0.15, 0.2) is 30.3 Å². The lowest BCUT2D eigenvalue weighted by atomic mass is 9.75. The summed E-state index contributed by atoms with van der Waals surface area (Å²) in [5.41, 5.74) is -0.221. The van der Waals surface area contributed by atoms with Crippen LogP contribution in [0.25, 0.3) is 0 Å². The van der Waals surface area contributed by atoms with Gasteiger partial charge in [0, 0.05) is 57.0 Å². The minimum atomic E-state index is -0.221. The molecule has 0 aliphatic carbocycles. The lowest BCUT2D eigenvalue weighted by Crippen LogP contribution is -2.51. The van der Waals surface area contributed by atoms with Crippen molar-refractivity contribution in [3.05, 3.63) is 30.3 Å². The molecule has 2 saturated heterocycles. The molecule has 172 valence electrons. The first-order valence-corrected chi connectivity index (χ1v) is 11.9. The topological polar surface area (TPSA) is 53.1 Å². The lowest BCUT2D eigenvalue weighted by Gasteiger charge is -2.43. The standard InChI is InChI=1S/C25H39N3O3/c1-4-21(5-2)24(30)28-13-11-25(12-14-28,20-31-22-9-7-6-8-10-22)19-23(29)27-17-15-26(3)16-18-27/h6-10,21H,4-5,11-20H2,1-3H3. The lowest BCUT2D eigenvalue weighted by molar-refractivity contribution is -0.141. The van der Waals surface area contributed by atoms with Crippen molar-refractivity contribution >= 4 is 11.8 Å². The van der Waals surface area contributed by atoms with Crippen LogP contribution in [-0.4, -0.2) is 79.4 Å². The molecule has 2 aliphatic rings. The number of para-hydroxylation sites is 1. The van der Waals surface area contributed by atoms with E-state index in [0.29, 0.717) is 26.1 Å². The van der Waals surface area contributed by atoms with Gasteiger partial charge in [0.05, 0.1) is 6.61 Å². The first-order chi connectivity index (χ1) is 15.0. The van der Waals surface area contributed by atoms with Crippen LogP contribution in [0.3, 0.4) is 0 Å². The molecule has 6 heteroatoms. The van der Waals surface area contributed by atoms with Crippen LogP contribution in [0.4, 0.5) is 0 Å². The molecule has 1 aromatic carbocycles. The summed E-state index contributed by atoms with van der Waals surface area (Å²) < 4.78 is 6.16. The van der Waals surface area contributed by atoms with E-state index in [1.165, 1.54) is 0 Å². The number of hydrogen-bond donors (Lipinski definition) is 0. The molecule has 2 aliphatic heterocycles. The van der Waals surface area contributed by atoms with Crippen LogP contribution in [-0.2, 0) is 9.59 Å². The van der Waals surface area contributed by atoms with Gasteiger partial charge >= 0.3 is 0 Å². The molecule has 0 spiro atoms. The van der Waals surface area contributed by atoms with Crippen LogP contribution in [0.1, 0.15) is 46.0 Å². The van der Waals surface area contributed by atoms with E-state index in [0.717, 1.165) is 57.6 Å². The van der Waals surface area contributed by atoms with E-state index in [1.54, 1.807) is 0 Å². The van der Waals surface area contributed by atoms with E-state index >= 15 is 0 Å². The zero-order valence-corrected chi connectivity index (χ0v) is 19.5. The molecule has 31 heavy (non-hydrogen) atoms. The summed E-state index contributed by atoms with van der Waals surface area (Å²) in [6, 6.07) is 9.83. The minimum absolute atomic E-state index is 0.111. The van der Waals surface area contributed by atoms with Crippen LogP contribution in [0.5, 0.6) is 5.75 Å². The van der Waals surface area contributed by atoms with E-state index < -0.39 is 0 Å². The van der Waals surface area contributed by atoms with E-state index in [1.807, 2.05) is 40.1 Å². The van der Waals surface area contributed by atoms with Crippen molar-refractivity contribution in [1.82, 2.24) is 14.7 Å². The molecular weight excluding hydrogens is 390 g/mol. The number of nitrogens with zero attached hydrogens (tertiary/aromatic N) is 3. The third-order valence-electron chi connectivity index (χ3n) is 7.14. The number of rotatable bonds is 8. The Labute approximate surface area is 187 Å². The fourth-order valence-corrected chi connectivity index (χ4v) is 4.71. The number of likely N-dealkylation sites (N-methyl/N-ethyl adjacent to an activating group) is 1. The summed E-state index contributed by atoms with van der Waals surface area (Å²) in [4.78, 5) is 32.3. The van der Waals surface area contributed by atoms with Gasteiger partial charge in [-0.3, -0.25) is 9.59 Å². The fraction of sp³-hybridized carbons (Fsp3) is 0.680. The van der Waals surface area contributed by atoms with Crippen molar-refractivity contribution in [1.29, 1.82) is 0 Å². The number of likely N-dealkylation sites (tertiary alicyclic amines) is 1. The predicted octanol–water partition coefficient (Wildman–Crippen LogP) is 3.27. The van der Waals surface area contributed by atoms with Gasteiger partial charge in [-0.25, -0.2) is 0 Å². The Bertz CT molecular complexity index is 704. The molecule has 2 amide bonds. The van der Waals surface area contributed by atoms with E-state index in [2.05, 4.69) is 25.8 Å². The van der Waals surface area contributed by atoms with E-state index in [4.69, 9.17) is 4.74 Å². The predicted molar refractivity (Wildman–Crippen MR) is 123 cm³/mol. The van der Waals surface area contributed by atoms with Crippen molar-refractivity contribution in [3.63, 3.8) is 0 Å². The molecule has 2 fully saturated rings. The third kappa shape index (κ3) is 6.22. The molecule has 0 bridgehead atoms. The zero-order valence-electron chi connectivity index (χ0n) is 19.5. The van der Waals surface area contributed by atoms with Gasteiger partial charge in [-0.2, -0.15) is 0 Å². The number of hydrogen-bond acceptors (Lipinski definition) is 4. The number of amides is 2. The molecule has 0 N–H and O–H groups in total. The smallest absolute Gasteiger partial charge is 0.225 e. The Balaban J connectivity index is 1.66. The summed E-state index contributed by atoms with van der Waals surface area (Å²) in [6.45, 7) is 9.56. The molecule has 0 atom stereocenters. The van der Waals surface area contributed by atoms with Gasteiger partial charge in [-0.1, -0.05) is 32.0 Å². The largest absolute Gasteiger partial charge is 0.493 e. The summed E-state index contributed by atoms with van der Waals surface area (Å²) in [5, 5.41) is 0. The van der Waals surface area contributed by atoms with Gasteiger partial charge in [0.1, 0.15) is 5.75 Å². The molecule has 0 aromatic heterocycles. The highest BCUT2D eigenvalue weighted by Crippen LogP contribution is 2.37. The Kier molecular flexibility index (Phi) is 8.35. The Hall–Kier alpha value is -2.08. The quantitative estimate of drug-likeness (QED) is 0.636.